The standard InChI is InChI=1S/C21H25N5O2S.HI/c1-16-13-18(7-10-20(16)29(3,27)28)15-24-21(22-2)23-14-17-5-8-19(9-6-17)26-12-4-11-25-26;/h4-13H,14-15H2,1-3H3,(H2,22,23,24);1H. The first-order valence-electron chi connectivity index (χ1n) is 9.20. The number of nitrogens with one attached hydrogen (secondary N) is 2. The maximum Gasteiger partial charge on any atom is 0.191 e. The summed E-state index contributed by atoms with van der Waals surface area (Å²) in [4.78, 5) is 4.60. The molecule has 0 spiro atoms. The molecular formula is C21H26IN5O2S. The van der Waals surface area contributed by atoms with E-state index in [2.05, 4.69) is 20.7 Å². The molecule has 160 valence electrons. The molecule has 2 aromatic carbocycles. The second-order valence-corrected chi connectivity index (χ2v) is 8.75. The molecule has 0 atom stereocenters. The van der Waals surface area contributed by atoms with E-state index in [9.17, 15) is 8.42 Å². The highest BCUT2D eigenvalue weighted by Crippen LogP contribution is 2.16. The van der Waals surface area contributed by atoms with Gasteiger partial charge in [0.2, 0.25) is 0 Å². The lowest BCUT2D eigenvalue weighted by molar-refractivity contribution is 0.601. The molecule has 1 aromatic heterocycles. The molecule has 1 heterocycles. The Morgan fingerprint density at radius 3 is 2.23 bits per heavy atom. The molecule has 2 N–H and O–H groups in total. The number of nitrogens with zero attached hydrogens (tertiary/aromatic N) is 3. The van der Waals surface area contributed by atoms with E-state index >= 15 is 0 Å². The van der Waals surface area contributed by atoms with Gasteiger partial charge >= 0.3 is 0 Å². The van der Waals surface area contributed by atoms with E-state index in [1.807, 2.05) is 53.3 Å². The number of aromatic nitrogens is 2. The largest absolute Gasteiger partial charge is 0.352 e. The first kappa shape index (κ1) is 23.9. The summed E-state index contributed by atoms with van der Waals surface area (Å²) >= 11 is 0. The molecule has 0 aliphatic carbocycles. The van der Waals surface area contributed by atoms with Crippen molar-refractivity contribution in [2.24, 2.45) is 4.99 Å². The number of hydrogen-bond acceptors (Lipinski definition) is 4. The number of halogens is 1. The van der Waals surface area contributed by atoms with Crippen molar-refractivity contribution in [3.63, 3.8) is 0 Å². The lowest BCUT2D eigenvalue weighted by Gasteiger charge is -2.13. The second kappa shape index (κ2) is 10.6. The second-order valence-electron chi connectivity index (χ2n) is 6.77. The third-order valence-corrected chi connectivity index (χ3v) is 5.74. The van der Waals surface area contributed by atoms with E-state index in [1.54, 1.807) is 26.2 Å². The smallest absolute Gasteiger partial charge is 0.191 e. The zero-order valence-corrected chi connectivity index (χ0v) is 20.3. The van der Waals surface area contributed by atoms with Gasteiger partial charge in [-0.05, 0) is 47.9 Å². The van der Waals surface area contributed by atoms with Gasteiger partial charge in [0.1, 0.15) is 0 Å². The van der Waals surface area contributed by atoms with Crippen LogP contribution in [0.25, 0.3) is 5.69 Å². The first-order chi connectivity index (χ1) is 13.9. The van der Waals surface area contributed by atoms with Gasteiger partial charge in [-0.3, -0.25) is 4.99 Å². The van der Waals surface area contributed by atoms with Gasteiger partial charge < -0.3 is 10.6 Å². The normalized spacial score (nSPS) is 11.6. The van der Waals surface area contributed by atoms with Gasteiger partial charge in [-0.2, -0.15) is 5.10 Å². The summed E-state index contributed by atoms with van der Waals surface area (Å²) in [5, 5.41) is 10.8. The number of sulfone groups is 1. The zero-order chi connectivity index (χ0) is 20.9. The molecule has 0 radical (unpaired) electrons. The van der Waals surface area contributed by atoms with E-state index in [0.717, 1.165) is 22.4 Å². The van der Waals surface area contributed by atoms with Gasteiger partial charge in [0.05, 0.1) is 10.6 Å². The highest BCUT2D eigenvalue weighted by Gasteiger charge is 2.11. The number of aliphatic imine (C=N–C) groups is 1. The topological polar surface area (TPSA) is 88.4 Å². The van der Waals surface area contributed by atoms with E-state index in [0.29, 0.717) is 23.9 Å². The van der Waals surface area contributed by atoms with E-state index in [1.165, 1.54) is 6.26 Å². The number of rotatable bonds is 6. The molecule has 0 fully saturated rings. The van der Waals surface area contributed by atoms with Crippen molar-refractivity contribution in [3.8, 4) is 5.69 Å². The Morgan fingerprint density at radius 1 is 1.07 bits per heavy atom. The minimum atomic E-state index is -3.20. The van der Waals surface area contributed by atoms with Crippen LogP contribution in [0.4, 0.5) is 0 Å². The molecule has 0 aliphatic rings. The van der Waals surface area contributed by atoms with Gasteiger partial charge in [-0.15, -0.1) is 24.0 Å². The van der Waals surface area contributed by atoms with Gasteiger partial charge in [0.25, 0.3) is 0 Å². The Bertz CT molecular complexity index is 1090. The van der Waals surface area contributed by atoms with Gasteiger partial charge in [0.15, 0.2) is 15.8 Å². The average molecular weight is 539 g/mol. The predicted molar refractivity (Wildman–Crippen MR) is 130 cm³/mol. The van der Waals surface area contributed by atoms with Crippen LogP contribution in [-0.4, -0.2) is 37.5 Å². The van der Waals surface area contributed by atoms with Gasteiger partial charge in [-0.1, -0.05) is 24.3 Å². The average Bonchev–Trinajstić information content (AvgIpc) is 3.22. The van der Waals surface area contributed by atoms with Crippen molar-refractivity contribution >= 4 is 39.8 Å². The molecule has 0 amide bonds. The molecule has 0 unspecified atom stereocenters. The summed E-state index contributed by atoms with van der Waals surface area (Å²) in [6.07, 6.45) is 4.88. The molecule has 3 aromatic rings. The zero-order valence-electron chi connectivity index (χ0n) is 17.2. The third kappa shape index (κ3) is 6.30. The first-order valence-corrected chi connectivity index (χ1v) is 11.1. The SMILES string of the molecule is CN=C(NCc1ccc(-n2cccn2)cc1)NCc1ccc(S(C)(=O)=O)c(C)c1.I. The maximum atomic E-state index is 11.7. The van der Waals surface area contributed by atoms with Crippen LogP contribution in [0.1, 0.15) is 16.7 Å². The van der Waals surface area contributed by atoms with Gasteiger partial charge in [0, 0.05) is 38.8 Å². The van der Waals surface area contributed by atoms with Crippen molar-refractivity contribution in [2.45, 2.75) is 24.9 Å². The summed E-state index contributed by atoms with van der Waals surface area (Å²) in [6, 6.07) is 15.4. The maximum absolute atomic E-state index is 11.7. The molecule has 9 heteroatoms. The number of hydrogen-bond donors (Lipinski definition) is 2. The fourth-order valence-corrected chi connectivity index (χ4v) is 3.98. The number of benzene rings is 2. The summed E-state index contributed by atoms with van der Waals surface area (Å²) in [7, 11) is -1.49. The number of aryl methyl sites for hydroxylation is 1. The fourth-order valence-electron chi connectivity index (χ4n) is 3.02. The minimum absolute atomic E-state index is 0. The van der Waals surface area contributed by atoms with Crippen LogP contribution in [0.5, 0.6) is 0 Å². The predicted octanol–water partition coefficient (Wildman–Crippen LogP) is 3.07. The van der Waals surface area contributed by atoms with E-state index in [-0.39, 0.29) is 24.0 Å². The summed E-state index contributed by atoms with van der Waals surface area (Å²) < 4.78 is 25.3. The lowest BCUT2D eigenvalue weighted by atomic mass is 10.1. The summed E-state index contributed by atoms with van der Waals surface area (Å²) in [5.41, 5.74) is 3.86. The molecule has 3 rings (SSSR count). The Morgan fingerprint density at radius 2 is 1.70 bits per heavy atom. The monoisotopic (exact) mass is 539 g/mol. The van der Waals surface area contributed by atoms with Crippen LogP contribution in [0.3, 0.4) is 0 Å². The van der Waals surface area contributed by atoms with Crippen molar-refractivity contribution in [1.29, 1.82) is 0 Å². The summed E-state index contributed by atoms with van der Waals surface area (Å²) in [5.74, 6) is 0.672. The van der Waals surface area contributed by atoms with Crippen LogP contribution >= 0.6 is 24.0 Å². The van der Waals surface area contributed by atoms with Crippen molar-refractivity contribution in [1.82, 2.24) is 20.4 Å². The van der Waals surface area contributed by atoms with Crippen LogP contribution < -0.4 is 10.6 Å². The minimum Gasteiger partial charge on any atom is -0.352 e. The van der Waals surface area contributed by atoms with E-state index in [4.69, 9.17) is 0 Å². The van der Waals surface area contributed by atoms with Crippen molar-refractivity contribution in [2.75, 3.05) is 13.3 Å². The quantitative estimate of drug-likeness (QED) is 0.286. The lowest BCUT2D eigenvalue weighted by Crippen LogP contribution is -2.36. The highest BCUT2D eigenvalue weighted by atomic mass is 127. The Hall–Kier alpha value is -2.40. The molecule has 0 bridgehead atoms. The number of guanidine groups is 1. The molecule has 0 saturated heterocycles. The van der Waals surface area contributed by atoms with E-state index < -0.39 is 9.84 Å². The van der Waals surface area contributed by atoms with Crippen LogP contribution in [0.2, 0.25) is 0 Å². The molecular weight excluding hydrogens is 513 g/mol. The molecule has 30 heavy (non-hydrogen) atoms. The third-order valence-electron chi connectivity index (χ3n) is 4.49. The van der Waals surface area contributed by atoms with Gasteiger partial charge in [-0.25, -0.2) is 13.1 Å². The molecule has 0 aliphatic heterocycles. The fraction of sp³-hybridized carbons (Fsp3) is 0.238. The van der Waals surface area contributed by atoms with Crippen molar-refractivity contribution < 1.29 is 8.42 Å². The van der Waals surface area contributed by atoms with Crippen molar-refractivity contribution in [3.05, 3.63) is 77.6 Å². The Labute approximate surface area is 194 Å². The van der Waals surface area contributed by atoms with Crippen LogP contribution in [-0.2, 0) is 22.9 Å². The van der Waals surface area contributed by atoms with Crippen LogP contribution in [0.15, 0.2) is 70.8 Å². The Kier molecular flexibility index (Phi) is 8.42. The highest BCUT2D eigenvalue weighted by molar-refractivity contribution is 14.0. The molecule has 0 saturated carbocycles. The Balaban J connectivity index is 0.00000320. The molecule has 7 nitrogen and oxygen atoms in total. The summed E-state index contributed by atoms with van der Waals surface area (Å²) in [6.45, 7) is 2.98. The van der Waals surface area contributed by atoms with Crippen LogP contribution in [0, 0.1) is 6.92 Å².